The number of nitrogens with zero attached hydrogens (tertiary/aromatic N) is 3. The third-order valence-electron chi connectivity index (χ3n) is 5.59. The summed E-state index contributed by atoms with van der Waals surface area (Å²) in [6.45, 7) is 9.53. The van der Waals surface area contributed by atoms with E-state index in [2.05, 4.69) is 32.3 Å². The molecule has 8 heteroatoms. The lowest BCUT2D eigenvalue weighted by Crippen LogP contribution is -2.54. The van der Waals surface area contributed by atoms with Crippen molar-refractivity contribution in [2.45, 2.75) is 32.2 Å². The van der Waals surface area contributed by atoms with Gasteiger partial charge in [-0.2, -0.15) is 0 Å². The number of carbonyl (C=O) groups is 1. The quantitative estimate of drug-likeness (QED) is 0.361. The zero-order valence-electron chi connectivity index (χ0n) is 15.4. The van der Waals surface area contributed by atoms with E-state index in [-0.39, 0.29) is 35.3 Å². The lowest BCUT2D eigenvalue weighted by Gasteiger charge is -2.41. The summed E-state index contributed by atoms with van der Waals surface area (Å²) in [7, 11) is 1.85. The van der Waals surface area contributed by atoms with Crippen molar-refractivity contribution in [3.05, 3.63) is 0 Å². The fourth-order valence-corrected chi connectivity index (χ4v) is 4.15. The molecule has 2 unspecified atom stereocenters. The highest BCUT2D eigenvalue weighted by atomic mass is 127. The summed E-state index contributed by atoms with van der Waals surface area (Å²) in [5, 5.41) is 6.55. The van der Waals surface area contributed by atoms with Crippen molar-refractivity contribution >= 4 is 35.8 Å². The topological polar surface area (TPSA) is 69.2 Å². The van der Waals surface area contributed by atoms with Crippen molar-refractivity contribution in [1.29, 1.82) is 0 Å². The molecule has 0 saturated carbocycles. The normalized spacial score (nSPS) is 29.3. The minimum Gasteiger partial charge on any atom is -0.379 e. The number of piperidine rings is 1. The first kappa shape index (κ1) is 20.7. The Morgan fingerprint density at radius 3 is 2.80 bits per heavy atom. The van der Waals surface area contributed by atoms with Crippen LogP contribution in [0.4, 0.5) is 0 Å². The van der Waals surface area contributed by atoms with E-state index >= 15 is 0 Å². The van der Waals surface area contributed by atoms with Crippen LogP contribution in [0.2, 0.25) is 0 Å². The molecule has 0 bridgehead atoms. The van der Waals surface area contributed by atoms with Crippen molar-refractivity contribution in [3.8, 4) is 0 Å². The Morgan fingerprint density at radius 2 is 2.16 bits per heavy atom. The summed E-state index contributed by atoms with van der Waals surface area (Å²) >= 11 is 0. The van der Waals surface area contributed by atoms with Crippen LogP contribution in [0.1, 0.15) is 26.2 Å². The van der Waals surface area contributed by atoms with Crippen LogP contribution < -0.4 is 10.6 Å². The molecule has 3 saturated heterocycles. The third kappa shape index (κ3) is 5.19. The van der Waals surface area contributed by atoms with Crippen molar-refractivity contribution in [1.82, 2.24) is 20.4 Å². The Labute approximate surface area is 167 Å². The molecule has 25 heavy (non-hydrogen) atoms. The second-order valence-electron chi connectivity index (χ2n) is 7.40. The van der Waals surface area contributed by atoms with Gasteiger partial charge < -0.3 is 20.3 Å². The van der Waals surface area contributed by atoms with Gasteiger partial charge in [-0.15, -0.1) is 24.0 Å². The Hall–Kier alpha value is -0.610. The molecule has 0 aromatic carbocycles. The molecule has 0 aromatic heterocycles. The number of rotatable bonds is 3. The van der Waals surface area contributed by atoms with E-state index in [0.29, 0.717) is 12.5 Å². The van der Waals surface area contributed by atoms with Crippen LogP contribution in [0, 0.1) is 5.41 Å². The highest BCUT2D eigenvalue weighted by Gasteiger charge is 2.42. The molecular weight excluding hydrogens is 433 g/mol. The van der Waals surface area contributed by atoms with Gasteiger partial charge in [-0.3, -0.25) is 14.7 Å². The number of likely N-dealkylation sites (tertiary alicyclic amines) is 1. The molecule has 2 atom stereocenters. The molecule has 7 nitrogen and oxygen atoms in total. The largest absolute Gasteiger partial charge is 0.379 e. The monoisotopic (exact) mass is 465 g/mol. The van der Waals surface area contributed by atoms with Gasteiger partial charge in [-0.1, -0.05) is 0 Å². The van der Waals surface area contributed by atoms with E-state index in [9.17, 15) is 4.79 Å². The first-order valence-corrected chi connectivity index (χ1v) is 9.16. The fraction of sp³-hybridized carbons (Fsp3) is 0.882. The van der Waals surface area contributed by atoms with E-state index in [1.807, 2.05) is 7.05 Å². The standard InChI is InChI=1S/C17H31N5O2.HI/c1-14(21-6-8-24-9-7-21)11-19-16(18-2)22-5-3-4-17(13-22)10-15(23)20-12-17;/h14H,3-13H2,1-2H3,(H,18,19)(H,20,23);1H. The number of nitrogens with one attached hydrogen (secondary N) is 2. The van der Waals surface area contributed by atoms with Crippen LogP contribution in [-0.2, 0) is 9.53 Å². The van der Waals surface area contributed by atoms with Gasteiger partial charge >= 0.3 is 0 Å². The third-order valence-corrected chi connectivity index (χ3v) is 5.59. The molecule has 1 spiro atoms. The maximum atomic E-state index is 11.7. The van der Waals surface area contributed by atoms with Gasteiger partial charge in [0, 0.05) is 64.2 Å². The van der Waals surface area contributed by atoms with E-state index in [1.54, 1.807) is 0 Å². The van der Waals surface area contributed by atoms with Crippen molar-refractivity contribution < 1.29 is 9.53 Å². The van der Waals surface area contributed by atoms with Gasteiger partial charge in [0.05, 0.1) is 13.2 Å². The number of hydrogen-bond acceptors (Lipinski definition) is 4. The van der Waals surface area contributed by atoms with Crippen LogP contribution in [-0.4, -0.2) is 87.2 Å². The van der Waals surface area contributed by atoms with Gasteiger partial charge in [0.15, 0.2) is 5.96 Å². The van der Waals surface area contributed by atoms with E-state index in [0.717, 1.165) is 71.3 Å². The highest BCUT2D eigenvalue weighted by molar-refractivity contribution is 14.0. The maximum absolute atomic E-state index is 11.7. The summed E-state index contributed by atoms with van der Waals surface area (Å²) < 4.78 is 5.43. The summed E-state index contributed by atoms with van der Waals surface area (Å²) in [4.78, 5) is 20.9. The molecule has 3 rings (SSSR count). The Bertz CT molecular complexity index is 484. The Kier molecular flexibility index (Phi) is 7.75. The summed E-state index contributed by atoms with van der Waals surface area (Å²) in [5.74, 6) is 1.16. The Morgan fingerprint density at radius 1 is 1.40 bits per heavy atom. The molecule has 144 valence electrons. The van der Waals surface area contributed by atoms with Gasteiger partial charge in [-0.25, -0.2) is 0 Å². The fourth-order valence-electron chi connectivity index (χ4n) is 4.15. The second-order valence-corrected chi connectivity index (χ2v) is 7.40. The van der Waals surface area contributed by atoms with Crippen LogP contribution in [0.5, 0.6) is 0 Å². The minimum atomic E-state index is 0. The molecule has 0 aliphatic carbocycles. The second kappa shape index (κ2) is 9.36. The number of morpholine rings is 1. The summed E-state index contributed by atoms with van der Waals surface area (Å²) in [6, 6.07) is 0.458. The van der Waals surface area contributed by atoms with Crippen LogP contribution in [0.3, 0.4) is 0 Å². The number of guanidine groups is 1. The summed E-state index contributed by atoms with van der Waals surface area (Å²) in [6.07, 6.45) is 2.91. The average Bonchev–Trinajstić information content (AvgIpc) is 2.96. The SMILES string of the molecule is CN=C(NCC(C)N1CCOCC1)N1CCCC2(CNC(=O)C2)C1.I. The molecule has 3 fully saturated rings. The molecule has 3 aliphatic heterocycles. The van der Waals surface area contributed by atoms with Gasteiger partial charge in [0.1, 0.15) is 0 Å². The van der Waals surface area contributed by atoms with Crippen LogP contribution in [0.15, 0.2) is 4.99 Å². The molecule has 3 heterocycles. The number of aliphatic imine (C=N–C) groups is 1. The van der Waals surface area contributed by atoms with E-state index in [4.69, 9.17) is 4.74 Å². The number of halogens is 1. The smallest absolute Gasteiger partial charge is 0.220 e. The number of carbonyl (C=O) groups excluding carboxylic acids is 1. The lowest BCUT2D eigenvalue weighted by molar-refractivity contribution is -0.119. The van der Waals surface area contributed by atoms with Gasteiger partial charge in [0.2, 0.25) is 5.91 Å². The molecule has 2 N–H and O–H groups in total. The number of ether oxygens (including phenoxy) is 1. The predicted molar refractivity (Wildman–Crippen MR) is 109 cm³/mol. The maximum Gasteiger partial charge on any atom is 0.220 e. The van der Waals surface area contributed by atoms with Crippen molar-refractivity contribution in [3.63, 3.8) is 0 Å². The zero-order valence-corrected chi connectivity index (χ0v) is 17.8. The van der Waals surface area contributed by atoms with Crippen LogP contribution in [0.25, 0.3) is 0 Å². The van der Waals surface area contributed by atoms with Crippen LogP contribution >= 0.6 is 24.0 Å². The predicted octanol–water partition coefficient (Wildman–Crippen LogP) is 0.503. The first-order valence-electron chi connectivity index (χ1n) is 9.16. The lowest BCUT2D eigenvalue weighted by atomic mass is 9.79. The summed E-state index contributed by atoms with van der Waals surface area (Å²) in [5.41, 5.74) is 0.1000. The Balaban J connectivity index is 0.00000225. The molecule has 1 amide bonds. The van der Waals surface area contributed by atoms with Crippen molar-refractivity contribution in [2.75, 3.05) is 59.5 Å². The number of amides is 1. The molecule has 0 aromatic rings. The molecule has 0 radical (unpaired) electrons. The van der Waals surface area contributed by atoms with Gasteiger partial charge in [0.25, 0.3) is 0 Å². The molecular formula is C17H32IN5O2. The average molecular weight is 465 g/mol. The zero-order chi connectivity index (χ0) is 17.0. The number of hydrogen-bond donors (Lipinski definition) is 2. The minimum absolute atomic E-state index is 0. The molecule has 3 aliphatic rings. The van der Waals surface area contributed by atoms with Crippen molar-refractivity contribution in [2.24, 2.45) is 10.4 Å². The van der Waals surface area contributed by atoms with Gasteiger partial charge in [-0.05, 0) is 19.8 Å². The van der Waals surface area contributed by atoms with E-state index < -0.39 is 0 Å². The highest BCUT2D eigenvalue weighted by Crippen LogP contribution is 2.35. The van der Waals surface area contributed by atoms with E-state index in [1.165, 1.54) is 0 Å². The first-order chi connectivity index (χ1) is 11.6.